The lowest BCUT2D eigenvalue weighted by atomic mass is 10.2. The largest absolute Gasteiger partial charge is 0.459 e. The predicted molar refractivity (Wildman–Crippen MR) is 90.2 cm³/mol. The van der Waals surface area contributed by atoms with Gasteiger partial charge < -0.3 is 14.2 Å². The number of carbonyl (C=O) groups excluding carboxylic acids is 1. The van der Waals surface area contributed by atoms with Crippen LogP contribution in [-0.4, -0.2) is 21.9 Å². The van der Waals surface area contributed by atoms with E-state index in [9.17, 15) is 4.79 Å². The summed E-state index contributed by atoms with van der Waals surface area (Å²) in [6.07, 6.45) is 1.53. The van der Waals surface area contributed by atoms with Crippen LogP contribution in [0.3, 0.4) is 0 Å². The number of aromatic nitrogens is 2. The Bertz CT molecular complexity index is 817. The topological polar surface area (TPSA) is 81.2 Å². The van der Waals surface area contributed by atoms with Crippen molar-refractivity contribution in [1.82, 2.24) is 10.2 Å². The Morgan fingerprint density at radius 1 is 1.35 bits per heavy atom. The van der Waals surface area contributed by atoms with Crippen LogP contribution in [0.1, 0.15) is 5.56 Å². The summed E-state index contributed by atoms with van der Waals surface area (Å²) in [5, 5.41) is 10.9. The highest BCUT2D eigenvalue weighted by atomic mass is 79.9. The van der Waals surface area contributed by atoms with Gasteiger partial charge in [0.2, 0.25) is 5.91 Å². The number of anilines is 1. The molecule has 0 aliphatic carbocycles. The summed E-state index contributed by atoms with van der Waals surface area (Å²) >= 11 is 4.59. The first-order chi connectivity index (χ1) is 11.1. The van der Waals surface area contributed by atoms with Gasteiger partial charge in [-0.3, -0.25) is 4.79 Å². The van der Waals surface area contributed by atoms with E-state index in [1.165, 1.54) is 18.0 Å². The number of hydrogen-bond acceptors (Lipinski definition) is 6. The fraction of sp³-hybridized carbons (Fsp3) is 0.133. The second-order valence-electron chi connectivity index (χ2n) is 4.67. The molecule has 3 aromatic rings. The third-order valence-corrected chi connectivity index (χ3v) is 4.34. The number of furan rings is 1. The molecule has 0 aliphatic heterocycles. The van der Waals surface area contributed by atoms with Crippen molar-refractivity contribution in [2.45, 2.75) is 12.1 Å². The summed E-state index contributed by atoms with van der Waals surface area (Å²) in [6.45, 7) is 1.98. The van der Waals surface area contributed by atoms with Crippen molar-refractivity contribution in [2.75, 3.05) is 11.1 Å². The molecule has 6 nitrogen and oxygen atoms in total. The van der Waals surface area contributed by atoms with Gasteiger partial charge in [0.25, 0.3) is 11.1 Å². The van der Waals surface area contributed by atoms with Crippen molar-refractivity contribution in [2.24, 2.45) is 0 Å². The highest BCUT2D eigenvalue weighted by Gasteiger charge is 2.13. The fourth-order valence-electron chi connectivity index (χ4n) is 1.80. The Morgan fingerprint density at radius 2 is 2.22 bits per heavy atom. The Hall–Kier alpha value is -2.06. The van der Waals surface area contributed by atoms with E-state index >= 15 is 0 Å². The SMILES string of the molecule is Cc1ccc(NC(=O)CSc2nnc(-c3ccco3)o2)c(Br)c1. The van der Waals surface area contributed by atoms with Gasteiger partial charge >= 0.3 is 0 Å². The van der Waals surface area contributed by atoms with Gasteiger partial charge in [0.05, 0.1) is 17.7 Å². The van der Waals surface area contributed by atoms with Gasteiger partial charge in [-0.15, -0.1) is 10.2 Å². The lowest BCUT2D eigenvalue weighted by Crippen LogP contribution is -2.14. The zero-order valence-electron chi connectivity index (χ0n) is 12.1. The summed E-state index contributed by atoms with van der Waals surface area (Å²) in [7, 11) is 0. The smallest absolute Gasteiger partial charge is 0.284 e. The zero-order valence-corrected chi connectivity index (χ0v) is 14.5. The highest BCUT2D eigenvalue weighted by molar-refractivity contribution is 9.10. The Morgan fingerprint density at radius 3 is 2.96 bits per heavy atom. The zero-order chi connectivity index (χ0) is 16.2. The van der Waals surface area contributed by atoms with Crippen molar-refractivity contribution in [3.63, 3.8) is 0 Å². The molecule has 0 bridgehead atoms. The summed E-state index contributed by atoms with van der Waals surface area (Å²) in [5.74, 6) is 0.800. The van der Waals surface area contributed by atoms with Gasteiger partial charge in [-0.1, -0.05) is 17.8 Å². The Labute approximate surface area is 144 Å². The molecule has 0 saturated heterocycles. The average molecular weight is 394 g/mol. The minimum absolute atomic E-state index is 0.155. The number of hydrogen-bond donors (Lipinski definition) is 1. The minimum Gasteiger partial charge on any atom is -0.459 e. The molecular formula is C15H12BrN3O3S. The number of rotatable bonds is 5. The second-order valence-corrected chi connectivity index (χ2v) is 6.45. The molecule has 3 rings (SSSR count). The van der Waals surface area contributed by atoms with E-state index in [1.807, 2.05) is 25.1 Å². The maximum Gasteiger partial charge on any atom is 0.284 e. The predicted octanol–water partition coefficient (Wildman–Crippen LogP) is 4.13. The van der Waals surface area contributed by atoms with Crippen LogP contribution >= 0.6 is 27.7 Å². The van der Waals surface area contributed by atoms with E-state index in [4.69, 9.17) is 8.83 Å². The van der Waals surface area contributed by atoms with Gasteiger partial charge in [-0.2, -0.15) is 0 Å². The summed E-state index contributed by atoms with van der Waals surface area (Å²) < 4.78 is 11.4. The molecule has 0 atom stereocenters. The number of nitrogens with one attached hydrogen (secondary N) is 1. The fourth-order valence-corrected chi connectivity index (χ4v) is 2.96. The van der Waals surface area contributed by atoms with E-state index in [0.29, 0.717) is 16.9 Å². The molecule has 2 aromatic heterocycles. The van der Waals surface area contributed by atoms with Gasteiger partial charge in [-0.25, -0.2) is 0 Å². The summed E-state index contributed by atoms with van der Waals surface area (Å²) in [4.78, 5) is 12.0. The van der Waals surface area contributed by atoms with E-state index in [2.05, 4.69) is 31.4 Å². The molecule has 0 spiro atoms. The van der Waals surface area contributed by atoms with E-state index in [0.717, 1.165) is 15.7 Å². The van der Waals surface area contributed by atoms with Gasteiger partial charge in [0, 0.05) is 4.47 Å². The van der Waals surface area contributed by atoms with Crippen LogP contribution < -0.4 is 5.32 Å². The third kappa shape index (κ3) is 4.02. The molecule has 1 aromatic carbocycles. The number of benzene rings is 1. The first-order valence-corrected chi connectivity index (χ1v) is 8.46. The lowest BCUT2D eigenvalue weighted by Gasteiger charge is -2.07. The summed E-state index contributed by atoms with van der Waals surface area (Å²) in [5.41, 5.74) is 1.84. The molecule has 0 fully saturated rings. The molecule has 1 amide bonds. The van der Waals surface area contributed by atoms with Crippen LogP contribution in [0.15, 0.2) is 55.1 Å². The average Bonchev–Trinajstić information content (AvgIpc) is 3.18. The van der Waals surface area contributed by atoms with E-state index in [1.54, 1.807) is 12.1 Å². The van der Waals surface area contributed by atoms with E-state index < -0.39 is 0 Å². The van der Waals surface area contributed by atoms with Crippen LogP contribution in [0.25, 0.3) is 11.7 Å². The first-order valence-electron chi connectivity index (χ1n) is 6.68. The van der Waals surface area contributed by atoms with Crippen LogP contribution in [0, 0.1) is 6.92 Å². The molecule has 0 unspecified atom stereocenters. The molecule has 23 heavy (non-hydrogen) atoms. The third-order valence-electron chi connectivity index (χ3n) is 2.86. The number of aryl methyl sites for hydroxylation is 1. The molecule has 0 radical (unpaired) electrons. The van der Waals surface area contributed by atoms with Crippen LogP contribution in [0.4, 0.5) is 5.69 Å². The number of halogens is 1. The van der Waals surface area contributed by atoms with Crippen molar-refractivity contribution < 1.29 is 13.6 Å². The number of thioether (sulfide) groups is 1. The maximum atomic E-state index is 12.0. The normalized spacial score (nSPS) is 10.7. The molecular weight excluding hydrogens is 382 g/mol. The molecule has 2 heterocycles. The van der Waals surface area contributed by atoms with Crippen LogP contribution in [-0.2, 0) is 4.79 Å². The Balaban J connectivity index is 1.57. The molecule has 0 saturated carbocycles. The maximum absolute atomic E-state index is 12.0. The Kier molecular flexibility index (Phi) is 4.82. The van der Waals surface area contributed by atoms with Gasteiger partial charge in [-0.05, 0) is 52.7 Å². The molecule has 8 heteroatoms. The highest BCUT2D eigenvalue weighted by Crippen LogP contribution is 2.25. The number of carbonyl (C=O) groups is 1. The van der Waals surface area contributed by atoms with Crippen LogP contribution in [0.2, 0.25) is 0 Å². The monoisotopic (exact) mass is 393 g/mol. The van der Waals surface area contributed by atoms with E-state index in [-0.39, 0.29) is 11.7 Å². The van der Waals surface area contributed by atoms with Crippen molar-refractivity contribution >= 4 is 39.3 Å². The van der Waals surface area contributed by atoms with Gasteiger partial charge in [0.1, 0.15) is 0 Å². The quantitative estimate of drug-likeness (QED) is 0.656. The molecule has 118 valence electrons. The van der Waals surface area contributed by atoms with Crippen molar-refractivity contribution in [3.05, 3.63) is 46.6 Å². The van der Waals surface area contributed by atoms with Crippen LogP contribution in [0.5, 0.6) is 0 Å². The summed E-state index contributed by atoms with van der Waals surface area (Å²) in [6, 6.07) is 9.18. The molecule has 0 aliphatic rings. The second kappa shape index (κ2) is 7.01. The number of nitrogens with zero attached hydrogens (tertiary/aromatic N) is 2. The lowest BCUT2D eigenvalue weighted by molar-refractivity contribution is -0.113. The number of amides is 1. The standard InChI is InChI=1S/C15H12BrN3O3S/c1-9-4-5-11(10(16)7-9)17-13(20)8-23-15-19-18-14(22-15)12-3-2-6-21-12/h2-7H,8H2,1H3,(H,17,20). The van der Waals surface area contributed by atoms with Gasteiger partial charge in [0.15, 0.2) is 5.76 Å². The van der Waals surface area contributed by atoms with Crippen molar-refractivity contribution in [3.8, 4) is 11.7 Å². The minimum atomic E-state index is -0.155. The first kappa shape index (κ1) is 15.8. The van der Waals surface area contributed by atoms with Crippen molar-refractivity contribution in [1.29, 1.82) is 0 Å². The molecule has 1 N–H and O–H groups in total.